The standard InChI is InChI=1S/C20H16O6/c1-10-11(2)26-20(21)13-4-6-15-19(25-9-23-15)18(13)17(10)12-3-5-14-16(7-12)24-8-22-14/h3-7,10,17H,2,8-9H2,1H3. The van der Waals surface area contributed by atoms with E-state index in [-0.39, 0.29) is 25.4 Å². The van der Waals surface area contributed by atoms with E-state index in [1.165, 1.54) is 0 Å². The summed E-state index contributed by atoms with van der Waals surface area (Å²) in [4.78, 5) is 12.6. The number of carbonyl (C=O) groups is 1. The predicted octanol–water partition coefficient (Wildman–Crippen LogP) is 3.60. The molecule has 0 saturated heterocycles. The first kappa shape index (κ1) is 15.1. The molecule has 0 bridgehead atoms. The van der Waals surface area contributed by atoms with Gasteiger partial charge in [-0.2, -0.15) is 0 Å². The Morgan fingerprint density at radius 2 is 1.69 bits per heavy atom. The van der Waals surface area contributed by atoms with Gasteiger partial charge in [0.15, 0.2) is 23.0 Å². The third-order valence-corrected chi connectivity index (χ3v) is 5.10. The van der Waals surface area contributed by atoms with Crippen molar-refractivity contribution in [3.8, 4) is 23.0 Å². The summed E-state index contributed by atoms with van der Waals surface area (Å²) < 4.78 is 27.6. The van der Waals surface area contributed by atoms with Gasteiger partial charge >= 0.3 is 5.97 Å². The van der Waals surface area contributed by atoms with Gasteiger partial charge in [0.05, 0.1) is 5.56 Å². The van der Waals surface area contributed by atoms with Crippen molar-refractivity contribution in [3.05, 3.63) is 59.4 Å². The summed E-state index contributed by atoms with van der Waals surface area (Å²) >= 11 is 0. The van der Waals surface area contributed by atoms with Crippen molar-refractivity contribution in [1.29, 1.82) is 0 Å². The van der Waals surface area contributed by atoms with Crippen LogP contribution in [0.3, 0.4) is 0 Å². The molecule has 2 aromatic rings. The zero-order valence-electron chi connectivity index (χ0n) is 14.1. The van der Waals surface area contributed by atoms with Crippen molar-refractivity contribution < 1.29 is 28.5 Å². The highest BCUT2D eigenvalue weighted by atomic mass is 16.7. The minimum atomic E-state index is -0.432. The molecule has 2 atom stereocenters. The third-order valence-electron chi connectivity index (χ3n) is 5.10. The fourth-order valence-electron chi connectivity index (χ4n) is 3.75. The lowest BCUT2D eigenvalue weighted by Gasteiger charge is -2.24. The van der Waals surface area contributed by atoms with Gasteiger partial charge < -0.3 is 23.7 Å². The maximum atomic E-state index is 12.6. The molecule has 0 radical (unpaired) electrons. The molecule has 26 heavy (non-hydrogen) atoms. The topological polar surface area (TPSA) is 63.2 Å². The van der Waals surface area contributed by atoms with Crippen LogP contribution in [-0.2, 0) is 4.74 Å². The Hall–Kier alpha value is -3.15. The molecular weight excluding hydrogens is 336 g/mol. The number of benzene rings is 2. The molecule has 0 N–H and O–H groups in total. The Labute approximate surface area is 149 Å². The van der Waals surface area contributed by atoms with Crippen LogP contribution in [0.1, 0.15) is 34.3 Å². The lowest BCUT2D eigenvalue weighted by atomic mass is 9.79. The first-order valence-corrected chi connectivity index (χ1v) is 8.36. The van der Waals surface area contributed by atoms with Crippen LogP contribution in [0.5, 0.6) is 23.0 Å². The van der Waals surface area contributed by atoms with Crippen molar-refractivity contribution in [2.75, 3.05) is 13.6 Å². The molecule has 0 fully saturated rings. The van der Waals surface area contributed by atoms with Crippen LogP contribution in [0.25, 0.3) is 0 Å². The Balaban J connectivity index is 1.75. The van der Waals surface area contributed by atoms with Gasteiger partial charge in [-0.05, 0) is 29.8 Å². The number of hydrogen-bond acceptors (Lipinski definition) is 6. The zero-order valence-corrected chi connectivity index (χ0v) is 14.1. The molecule has 0 aromatic heterocycles. The average molecular weight is 352 g/mol. The van der Waals surface area contributed by atoms with E-state index < -0.39 is 5.97 Å². The lowest BCUT2D eigenvalue weighted by Crippen LogP contribution is -2.13. The van der Waals surface area contributed by atoms with Gasteiger partial charge in [0.2, 0.25) is 13.6 Å². The summed E-state index contributed by atoms with van der Waals surface area (Å²) in [6.45, 7) is 6.27. The Morgan fingerprint density at radius 1 is 0.962 bits per heavy atom. The van der Waals surface area contributed by atoms with E-state index in [9.17, 15) is 4.79 Å². The SMILES string of the molecule is C=C1OC(=O)c2ccc3c(c2C(c2ccc4c(c2)OCO4)C1C)OCO3. The molecule has 2 aromatic carbocycles. The van der Waals surface area contributed by atoms with Crippen LogP contribution in [0, 0.1) is 5.92 Å². The van der Waals surface area contributed by atoms with Gasteiger partial charge in [-0.15, -0.1) is 0 Å². The normalized spacial score (nSPS) is 22.7. The van der Waals surface area contributed by atoms with Crippen molar-refractivity contribution >= 4 is 5.97 Å². The highest BCUT2D eigenvalue weighted by Gasteiger charge is 2.38. The lowest BCUT2D eigenvalue weighted by molar-refractivity contribution is 0.0603. The van der Waals surface area contributed by atoms with Crippen molar-refractivity contribution in [1.82, 2.24) is 0 Å². The predicted molar refractivity (Wildman–Crippen MR) is 90.7 cm³/mol. The number of cyclic esters (lactones) is 1. The number of hydrogen-bond donors (Lipinski definition) is 0. The smallest absolute Gasteiger partial charge is 0.343 e. The first-order chi connectivity index (χ1) is 12.6. The average Bonchev–Trinajstić information content (AvgIpc) is 3.28. The van der Waals surface area contributed by atoms with E-state index in [0.29, 0.717) is 34.3 Å². The van der Waals surface area contributed by atoms with Crippen molar-refractivity contribution in [3.63, 3.8) is 0 Å². The molecule has 132 valence electrons. The van der Waals surface area contributed by atoms with Crippen LogP contribution in [-0.4, -0.2) is 19.6 Å². The molecule has 5 rings (SSSR count). The monoisotopic (exact) mass is 352 g/mol. The van der Waals surface area contributed by atoms with E-state index in [1.807, 2.05) is 25.1 Å². The molecule has 6 heteroatoms. The van der Waals surface area contributed by atoms with Crippen molar-refractivity contribution in [2.24, 2.45) is 5.92 Å². The van der Waals surface area contributed by atoms with E-state index >= 15 is 0 Å². The molecule has 3 aliphatic rings. The summed E-state index contributed by atoms with van der Waals surface area (Å²) in [5, 5.41) is 0. The second-order valence-corrected chi connectivity index (χ2v) is 6.50. The molecule has 2 unspecified atom stereocenters. The number of esters is 1. The van der Waals surface area contributed by atoms with E-state index in [0.717, 1.165) is 11.1 Å². The number of allylic oxidation sites excluding steroid dienone is 1. The quantitative estimate of drug-likeness (QED) is 0.731. The Bertz CT molecular complexity index is 948. The Morgan fingerprint density at radius 3 is 2.58 bits per heavy atom. The molecule has 0 spiro atoms. The number of fused-ring (bicyclic) bond motifs is 4. The van der Waals surface area contributed by atoms with E-state index in [2.05, 4.69) is 6.58 Å². The highest BCUT2D eigenvalue weighted by Crippen LogP contribution is 2.50. The molecule has 6 nitrogen and oxygen atoms in total. The van der Waals surface area contributed by atoms with E-state index in [1.54, 1.807) is 12.1 Å². The minimum absolute atomic E-state index is 0.129. The van der Waals surface area contributed by atoms with Crippen molar-refractivity contribution in [2.45, 2.75) is 12.8 Å². The van der Waals surface area contributed by atoms with Gasteiger partial charge in [-0.3, -0.25) is 0 Å². The minimum Gasteiger partial charge on any atom is -0.454 e. The summed E-state index contributed by atoms with van der Waals surface area (Å²) in [6.07, 6.45) is 0. The van der Waals surface area contributed by atoms with Gasteiger partial charge in [-0.25, -0.2) is 4.79 Å². The van der Waals surface area contributed by atoms with Gasteiger partial charge in [0.1, 0.15) is 5.76 Å². The van der Waals surface area contributed by atoms with Crippen LogP contribution in [0.4, 0.5) is 0 Å². The van der Waals surface area contributed by atoms with Gasteiger partial charge in [0, 0.05) is 17.4 Å². The summed E-state index contributed by atoms with van der Waals surface area (Å²) in [5.74, 6) is 2.24. The third kappa shape index (κ3) is 2.08. The zero-order chi connectivity index (χ0) is 17.8. The van der Waals surface area contributed by atoms with E-state index in [4.69, 9.17) is 23.7 Å². The second kappa shape index (κ2) is 5.42. The largest absolute Gasteiger partial charge is 0.454 e. The van der Waals surface area contributed by atoms with Crippen LogP contribution in [0.2, 0.25) is 0 Å². The van der Waals surface area contributed by atoms with Gasteiger partial charge in [0.25, 0.3) is 0 Å². The summed E-state index contributed by atoms with van der Waals surface area (Å²) in [5.41, 5.74) is 2.18. The van der Waals surface area contributed by atoms with Gasteiger partial charge in [-0.1, -0.05) is 19.6 Å². The molecule has 0 amide bonds. The Kier molecular flexibility index (Phi) is 3.16. The molecule has 3 heterocycles. The molecular formula is C20H16O6. The van der Waals surface area contributed by atoms with Crippen LogP contribution >= 0.6 is 0 Å². The number of carbonyl (C=O) groups excluding carboxylic acids is 1. The molecule has 0 saturated carbocycles. The maximum absolute atomic E-state index is 12.6. The van der Waals surface area contributed by atoms with Crippen LogP contribution < -0.4 is 18.9 Å². The fraction of sp³-hybridized carbons (Fsp3) is 0.250. The maximum Gasteiger partial charge on any atom is 0.343 e. The fourth-order valence-corrected chi connectivity index (χ4v) is 3.75. The molecule has 0 aliphatic carbocycles. The van der Waals surface area contributed by atoms with Crippen LogP contribution in [0.15, 0.2) is 42.7 Å². The second-order valence-electron chi connectivity index (χ2n) is 6.50. The number of ether oxygens (including phenoxy) is 5. The first-order valence-electron chi connectivity index (χ1n) is 8.36. The number of rotatable bonds is 1. The highest BCUT2D eigenvalue weighted by molar-refractivity contribution is 5.94. The summed E-state index contributed by atoms with van der Waals surface area (Å²) in [7, 11) is 0. The summed E-state index contributed by atoms with van der Waals surface area (Å²) in [6, 6.07) is 9.23. The molecule has 3 aliphatic heterocycles.